The summed E-state index contributed by atoms with van der Waals surface area (Å²) < 4.78 is 12.2. The van der Waals surface area contributed by atoms with Gasteiger partial charge in [-0.3, -0.25) is 9.78 Å². The number of fused-ring (bicyclic) bond motifs is 1. The van der Waals surface area contributed by atoms with Crippen molar-refractivity contribution in [1.82, 2.24) is 14.4 Å². The summed E-state index contributed by atoms with van der Waals surface area (Å²) in [5.41, 5.74) is 2.82. The number of benzene rings is 1. The average molecular weight is 391 g/mol. The molecule has 0 fully saturated rings. The lowest BCUT2D eigenvalue weighted by atomic mass is 10.1. The van der Waals surface area contributed by atoms with Gasteiger partial charge < -0.3 is 9.47 Å². The molecule has 0 bridgehead atoms. The van der Waals surface area contributed by atoms with E-state index >= 15 is 0 Å². The van der Waals surface area contributed by atoms with E-state index in [2.05, 4.69) is 9.97 Å². The van der Waals surface area contributed by atoms with Crippen molar-refractivity contribution >= 4 is 28.4 Å². The van der Waals surface area contributed by atoms with Gasteiger partial charge in [-0.15, -0.1) is 11.3 Å². The van der Waals surface area contributed by atoms with Crippen LogP contribution in [-0.4, -0.2) is 28.6 Å². The van der Waals surface area contributed by atoms with Crippen LogP contribution in [0.3, 0.4) is 0 Å². The van der Waals surface area contributed by atoms with Gasteiger partial charge in [0, 0.05) is 17.8 Å². The number of pyridine rings is 1. The summed E-state index contributed by atoms with van der Waals surface area (Å²) in [6.45, 7) is 0. The molecular weight excluding hydrogens is 374 g/mol. The van der Waals surface area contributed by atoms with Crippen LogP contribution in [-0.2, 0) is 0 Å². The maximum atomic E-state index is 13.1. The molecule has 0 saturated heterocycles. The van der Waals surface area contributed by atoms with Crippen LogP contribution in [0.15, 0.2) is 59.0 Å². The highest BCUT2D eigenvalue weighted by molar-refractivity contribution is 7.15. The van der Waals surface area contributed by atoms with E-state index in [1.54, 1.807) is 30.0 Å². The maximum absolute atomic E-state index is 13.1. The van der Waals surface area contributed by atoms with E-state index in [-0.39, 0.29) is 11.3 Å². The Balaban J connectivity index is 1.83. The second kappa shape index (κ2) is 7.66. The Labute approximate surface area is 165 Å². The summed E-state index contributed by atoms with van der Waals surface area (Å²) in [5, 5.41) is 1.92. The molecule has 6 nitrogen and oxygen atoms in total. The first-order valence-corrected chi connectivity index (χ1v) is 9.40. The average Bonchev–Trinajstić information content (AvgIpc) is 3.17. The van der Waals surface area contributed by atoms with Crippen molar-refractivity contribution in [3.8, 4) is 22.8 Å². The number of aromatic nitrogens is 3. The van der Waals surface area contributed by atoms with Gasteiger partial charge in [-0.05, 0) is 47.5 Å². The van der Waals surface area contributed by atoms with E-state index in [9.17, 15) is 4.79 Å². The summed E-state index contributed by atoms with van der Waals surface area (Å²) in [6.07, 6.45) is 7.07. The van der Waals surface area contributed by atoms with Gasteiger partial charge in [0.2, 0.25) is 5.75 Å². The SMILES string of the molecule is COc1ccc(-c2csc3nc(/C=C/c4cccnc4)c(OC)c(=O)n23)cc1. The minimum Gasteiger partial charge on any atom is -0.497 e. The van der Waals surface area contributed by atoms with Gasteiger partial charge in [0.1, 0.15) is 11.4 Å². The Morgan fingerprint density at radius 2 is 1.89 bits per heavy atom. The van der Waals surface area contributed by atoms with Crippen LogP contribution in [0.5, 0.6) is 11.5 Å². The number of rotatable bonds is 5. The standard InChI is InChI=1S/C21H17N3O3S/c1-26-16-8-6-15(7-9-16)18-13-28-21-23-17(19(27-2)20(25)24(18)21)10-5-14-4-3-11-22-12-14/h3-13H,1-2H3/b10-5+. The molecule has 0 amide bonds. The number of methoxy groups -OCH3 is 2. The molecule has 1 aromatic carbocycles. The monoisotopic (exact) mass is 391 g/mol. The zero-order valence-corrected chi connectivity index (χ0v) is 16.1. The molecule has 0 saturated carbocycles. The van der Waals surface area contributed by atoms with E-state index in [1.807, 2.05) is 47.9 Å². The van der Waals surface area contributed by atoms with Gasteiger partial charge in [-0.1, -0.05) is 12.1 Å². The summed E-state index contributed by atoms with van der Waals surface area (Å²) >= 11 is 1.41. The molecule has 0 N–H and O–H groups in total. The fourth-order valence-electron chi connectivity index (χ4n) is 2.87. The van der Waals surface area contributed by atoms with Gasteiger partial charge in [0.25, 0.3) is 0 Å². The smallest absolute Gasteiger partial charge is 0.302 e. The molecule has 0 spiro atoms. The van der Waals surface area contributed by atoms with E-state index < -0.39 is 0 Å². The van der Waals surface area contributed by atoms with Crippen molar-refractivity contribution in [2.45, 2.75) is 0 Å². The van der Waals surface area contributed by atoms with Gasteiger partial charge in [-0.2, -0.15) is 0 Å². The third-order valence-corrected chi connectivity index (χ3v) is 5.09. The predicted octanol–water partition coefficient (Wildman–Crippen LogP) is 4.01. The topological polar surface area (TPSA) is 65.7 Å². The zero-order chi connectivity index (χ0) is 19.5. The zero-order valence-electron chi connectivity index (χ0n) is 15.3. The van der Waals surface area contributed by atoms with Crippen molar-refractivity contribution in [1.29, 1.82) is 0 Å². The molecule has 140 valence electrons. The first-order chi connectivity index (χ1) is 13.7. The van der Waals surface area contributed by atoms with Crippen molar-refractivity contribution in [3.63, 3.8) is 0 Å². The van der Waals surface area contributed by atoms with Gasteiger partial charge >= 0.3 is 5.56 Å². The lowest BCUT2D eigenvalue weighted by molar-refractivity contribution is 0.404. The number of ether oxygens (including phenoxy) is 2. The summed E-state index contributed by atoms with van der Waals surface area (Å²) in [6, 6.07) is 11.3. The molecule has 7 heteroatoms. The van der Waals surface area contributed by atoms with Gasteiger partial charge in [-0.25, -0.2) is 9.38 Å². The first-order valence-electron chi connectivity index (χ1n) is 8.52. The van der Waals surface area contributed by atoms with E-state index in [4.69, 9.17) is 9.47 Å². The van der Waals surface area contributed by atoms with E-state index in [0.717, 1.165) is 22.6 Å². The molecule has 28 heavy (non-hydrogen) atoms. The number of hydrogen-bond donors (Lipinski definition) is 0. The highest BCUT2D eigenvalue weighted by Crippen LogP contribution is 2.28. The number of hydrogen-bond acceptors (Lipinski definition) is 6. The molecule has 4 aromatic rings. The Morgan fingerprint density at radius 1 is 1.07 bits per heavy atom. The normalized spacial score (nSPS) is 11.2. The lowest BCUT2D eigenvalue weighted by Gasteiger charge is -2.07. The van der Waals surface area contributed by atoms with Gasteiger partial charge in [0.05, 0.1) is 19.9 Å². The van der Waals surface area contributed by atoms with Crippen LogP contribution in [0.2, 0.25) is 0 Å². The second-order valence-electron chi connectivity index (χ2n) is 5.92. The molecule has 0 unspecified atom stereocenters. The Kier molecular flexibility index (Phi) is 4.90. The summed E-state index contributed by atoms with van der Waals surface area (Å²) in [4.78, 5) is 22.4. The largest absolute Gasteiger partial charge is 0.497 e. The fraction of sp³-hybridized carbons (Fsp3) is 0.0952. The van der Waals surface area contributed by atoms with Gasteiger partial charge in [0.15, 0.2) is 4.96 Å². The maximum Gasteiger partial charge on any atom is 0.302 e. The molecule has 0 radical (unpaired) electrons. The summed E-state index contributed by atoms with van der Waals surface area (Å²) in [5.74, 6) is 0.958. The minimum absolute atomic E-state index is 0.200. The van der Waals surface area contributed by atoms with Crippen LogP contribution >= 0.6 is 11.3 Å². The van der Waals surface area contributed by atoms with Crippen LogP contribution in [0.1, 0.15) is 11.3 Å². The van der Waals surface area contributed by atoms with Crippen LogP contribution in [0.4, 0.5) is 0 Å². The number of nitrogens with zero attached hydrogens (tertiary/aromatic N) is 3. The third kappa shape index (κ3) is 3.27. The van der Waals surface area contributed by atoms with Crippen LogP contribution in [0, 0.1) is 0 Å². The molecule has 3 aromatic heterocycles. The molecule has 3 heterocycles. The van der Waals surface area contributed by atoms with Crippen molar-refractivity contribution in [3.05, 3.63) is 75.8 Å². The highest BCUT2D eigenvalue weighted by Gasteiger charge is 2.16. The molecule has 0 aliphatic heterocycles. The summed E-state index contributed by atoms with van der Waals surface area (Å²) in [7, 11) is 3.10. The molecule has 0 aliphatic rings. The molecule has 0 atom stereocenters. The van der Waals surface area contributed by atoms with Crippen molar-refractivity contribution in [2.75, 3.05) is 14.2 Å². The first kappa shape index (κ1) is 17.9. The minimum atomic E-state index is -0.245. The van der Waals surface area contributed by atoms with Crippen LogP contribution in [0.25, 0.3) is 28.4 Å². The second-order valence-corrected chi connectivity index (χ2v) is 6.76. The Bertz CT molecular complexity index is 1200. The molecule has 4 rings (SSSR count). The Hall–Kier alpha value is -3.45. The Morgan fingerprint density at radius 3 is 2.57 bits per heavy atom. The van der Waals surface area contributed by atoms with Crippen LogP contribution < -0.4 is 15.0 Å². The third-order valence-electron chi connectivity index (χ3n) is 4.26. The van der Waals surface area contributed by atoms with Crippen molar-refractivity contribution in [2.24, 2.45) is 0 Å². The lowest BCUT2D eigenvalue weighted by Crippen LogP contribution is -2.18. The highest BCUT2D eigenvalue weighted by atomic mass is 32.1. The quantitative estimate of drug-likeness (QED) is 0.514. The van der Waals surface area contributed by atoms with E-state index in [1.165, 1.54) is 18.4 Å². The van der Waals surface area contributed by atoms with E-state index in [0.29, 0.717) is 10.7 Å². The molecular formula is C21H17N3O3S. The molecule has 0 aliphatic carbocycles. The number of thiazole rings is 1. The van der Waals surface area contributed by atoms with Crippen molar-refractivity contribution < 1.29 is 9.47 Å². The predicted molar refractivity (Wildman–Crippen MR) is 111 cm³/mol. The fourth-order valence-corrected chi connectivity index (χ4v) is 3.76.